The topological polar surface area (TPSA) is 115 Å². The van der Waals surface area contributed by atoms with Crippen LogP contribution in [0.15, 0.2) is 28.0 Å². The molecule has 1 unspecified atom stereocenters. The van der Waals surface area contributed by atoms with E-state index in [1.54, 1.807) is 32.2 Å². The molecule has 0 bridgehead atoms. The summed E-state index contributed by atoms with van der Waals surface area (Å²) < 4.78 is 6.76. The molecule has 0 aromatic carbocycles. The molecule has 0 radical (unpaired) electrons. The number of urea groups is 1. The zero-order valence-corrected chi connectivity index (χ0v) is 13.0. The molecule has 3 amide bonds. The van der Waals surface area contributed by atoms with E-state index in [9.17, 15) is 9.59 Å². The first kappa shape index (κ1) is 16.0. The van der Waals surface area contributed by atoms with Crippen LogP contribution in [-0.2, 0) is 11.3 Å². The second-order valence-electron chi connectivity index (χ2n) is 4.31. The van der Waals surface area contributed by atoms with Crippen molar-refractivity contribution in [1.29, 1.82) is 0 Å². The van der Waals surface area contributed by atoms with Crippen LogP contribution in [0.3, 0.4) is 0 Å². The number of thioether (sulfide) groups is 1. The fourth-order valence-electron chi connectivity index (χ4n) is 1.56. The summed E-state index contributed by atoms with van der Waals surface area (Å²) >= 11 is 1.16. The van der Waals surface area contributed by atoms with Crippen molar-refractivity contribution in [2.24, 2.45) is 0 Å². The lowest BCUT2D eigenvalue weighted by molar-refractivity contribution is -0.119. The first-order valence-electron chi connectivity index (χ1n) is 6.64. The molecule has 0 fully saturated rings. The number of carbonyl (C=O) groups is 2. The summed E-state index contributed by atoms with van der Waals surface area (Å²) in [4.78, 5) is 23.2. The Bertz CT molecular complexity index is 627. The smallest absolute Gasteiger partial charge is 0.321 e. The third-order valence-electron chi connectivity index (χ3n) is 2.61. The Kier molecular flexibility index (Phi) is 5.53. The van der Waals surface area contributed by atoms with Crippen LogP contribution in [0.1, 0.15) is 19.6 Å². The fourth-order valence-corrected chi connectivity index (χ4v) is 2.35. The lowest BCUT2D eigenvalue weighted by atomic mass is 10.4. The Morgan fingerprint density at radius 3 is 3.00 bits per heavy atom. The van der Waals surface area contributed by atoms with E-state index in [2.05, 4.69) is 26.2 Å². The van der Waals surface area contributed by atoms with E-state index >= 15 is 0 Å². The molecular weight excluding hydrogens is 308 g/mol. The third kappa shape index (κ3) is 4.32. The highest BCUT2D eigenvalue weighted by atomic mass is 32.2. The van der Waals surface area contributed by atoms with Gasteiger partial charge in [0.2, 0.25) is 11.1 Å². The van der Waals surface area contributed by atoms with Crippen LogP contribution >= 0.6 is 11.8 Å². The summed E-state index contributed by atoms with van der Waals surface area (Å²) in [5.74, 6) is 0.289. The Labute approximate surface area is 130 Å². The highest BCUT2D eigenvalue weighted by molar-refractivity contribution is 8.00. The number of tetrazole rings is 1. The highest BCUT2D eigenvalue weighted by Crippen LogP contribution is 2.20. The number of rotatable bonds is 6. The molecule has 9 nitrogen and oxygen atoms in total. The van der Waals surface area contributed by atoms with Crippen LogP contribution in [0, 0.1) is 0 Å². The van der Waals surface area contributed by atoms with Crippen molar-refractivity contribution in [3.63, 3.8) is 0 Å². The largest absolute Gasteiger partial charge is 0.467 e. The summed E-state index contributed by atoms with van der Waals surface area (Å²) in [6, 6.07) is 3.06. The van der Waals surface area contributed by atoms with Gasteiger partial charge in [-0.05, 0) is 36.4 Å². The van der Waals surface area contributed by atoms with Gasteiger partial charge in [-0.1, -0.05) is 11.8 Å². The second kappa shape index (κ2) is 7.59. The van der Waals surface area contributed by atoms with E-state index in [0.717, 1.165) is 11.8 Å². The molecule has 118 valence electrons. The van der Waals surface area contributed by atoms with Gasteiger partial charge in [-0.15, -0.1) is 5.10 Å². The standard InChI is InChI=1S/C12H16N6O3S/c1-3-13-11(20)14-10(19)8(2)22-12-15-16-17-18(12)7-9-5-4-6-21-9/h4-6,8H,3,7H2,1-2H3,(H2,13,14,19,20). The van der Waals surface area contributed by atoms with Crippen molar-refractivity contribution in [3.05, 3.63) is 24.2 Å². The van der Waals surface area contributed by atoms with Crippen LogP contribution in [0.25, 0.3) is 0 Å². The van der Waals surface area contributed by atoms with Gasteiger partial charge in [0.1, 0.15) is 12.3 Å². The van der Waals surface area contributed by atoms with Gasteiger partial charge in [0.25, 0.3) is 0 Å². The molecule has 2 heterocycles. The van der Waals surface area contributed by atoms with Crippen LogP contribution in [0.4, 0.5) is 4.79 Å². The number of nitrogens with zero attached hydrogens (tertiary/aromatic N) is 4. The van der Waals surface area contributed by atoms with Crippen molar-refractivity contribution in [1.82, 2.24) is 30.8 Å². The molecule has 0 aliphatic heterocycles. The quantitative estimate of drug-likeness (QED) is 0.749. The molecule has 2 aromatic rings. The average molecular weight is 324 g/mol. The molecule has 2 aromatic heterocycles. The summed E-state index contributed by atoms with van der Waals surface area (Å²) in [6.07, 6.45) is 1.56. The Morgan fingerprint density at radius 2 is 2.32 bits per heavy atom. The van der Waals surface area contributed by atoms with Gasteiger partial charge >= 0.3 is 6.03 Å². The number of hydrogen-bond donors (Lipinski definition) is 2. The zero-order chi connectivity index (χ0) is 15.9. The van der Waals surface area contributed by atoms with E-state index < -0.39 is 17.2 Å². The van der Waals surface area contributed by atoms with Crippen molar-refractivity contribution < 1.29 is 14.0 Å². The lowest BCUT2D eigenvalue weighted by Crippen LogP contribution is -2.42. The number of carbonyl (C=O) groups excluding carboxylic acids is 2. The van der Waals surface area contributed by atoms with Gasteiger partial charge in [-0.3, -0.25) is 10.1 Å². The monoisotopic (exact) mass is 324 g/mol. The van der Waals surface area contributed by atoms with Crippen molar-refractivity contribution >= 4 is 23.7 Å². The van der Waals surface area contributed by atoms with E-state index in [1.807, 2.05) is 0 Å². The van der Waals surface area contributed by atoms with Gasteiger partial charge in [0.05, 0.1) is 11.5 Å². The van der Waals surface area contributed by atoms with Crippen molar-refractivity contribution in [2.45, 2.75) is 30.8 Å². The van der Waals surface area contributed by atoms with Crippen LogP contribution in [-0.4, -0.2) is 43.9 Å². The number of furan rings is 1. The van der Waals surface area contributed by atoms with E-state index in [1.165, 1.54) is 4.68 Å². The average Bonchev–Trinajstić information content (AvgIpc) is 3.12. The minimum absolute atomic E-state index is 0.368. The Morgan fingerprint density at radius 1 is 1.50 bits per heavy atom. The summed E-state index contributed by atoms with van der Waals surface area (Å²) in [7, 11) is 0. The van der Waals surface area contributed by atoms with E-state index in [-0.39, 0.29) is 0 Å². The Balaban J connectivity index is 1.94. The summed E-state index contributed by atoms with van der Waals surface area (Å²) in [6.45, 7) is 4.26. The first-order valence-corrected chi connectivity index (χ1v) is 7.52. The molecule has 2 rings (SSSR count). The van der Waals surface area contributed by atoms with Crippen molar-refractivity contribution in [2.75, 3.05) is 6.54 Å². The fraction of sp³-hybridized carbons (Fsp3) is 0.417. The molecule has 2 N–H and O–H groups in total. The maximum absolute atomic E-state index is 11.9. The highest BCUT2D eigenvalue weighted by Gasteiger charge is 2.20. The van der Waals surface area contributed by atoms with Gasteiger partial charge in [0.15, 0.2) is 0 Å². The number of aromatic nitrogens is 4. The number of hydrogen-bond acceptors (Lipinski definition) is 7. The predicted octanol–water partition coefficient (Wildman–Crippen LogP) is 0.641. The second-order valence-corrected chi connectivity index (χ2v) is 5.62. The summed E-state index contributed by atoms with van der Waals surface area (Å²) in [5, 5.41) is 16.0. The van der Waals surface area contributed by atoms with Crippen LogP contribution < -0.4 is 10.6 Å². The molecule has 0 aliphatic carbocycles. The molecule has 0 saturated heterocycles. The number of nitrogens with one attached hydrogen (secondary N) is 2. The van der Waals surface area contributed by atoms with Gasteiger partial charge in [0, 0.05) is 6.54 Å². The van der Waals surface area contributed by atoms with E-state index in [4.69, 9.17) is 4.42 Å². The number of imide groups is 1. The van der Waals surface area contributed by atoms with Gasteiger partial charge in [-0.25, -0.2) is 9.48 Å². The maximum atomic E-state index is 11.9. The Hall–Kier alpha value is -2.36. The number of amides is 3. The normalized spacial score (nSPS) is 11.9. The minimum Gasteiger partial charge on any atom is -0.467 e. The van der Waals surface area contributed by atoms with Crippen molar-refractivity contribution in [3.8, 4) is 0 Å². The maximum Gasteiger partial charge on any atom is 0.321 e. The van der Waals surface area contributed by atoms with Crippen LogP contribution in [0.2, 0.25) is 0 Å². The van der Waals surface area contributed by atoms with Gasteiger partial charge < -0.3 is 9.73 Å². The predicted molar refractivity (Wildman–Crippen MR) is 78.2 cm³/mol. The molecule has 0 saturated carbocycles. The van der Waals surface area contributed by atoms with Crippen LogP contribution in [0.5, 0.6) is 0 Å². The molecule has 1 atom stereocenters. The van der Waals surface area contributed by atoms with Gasteiger partial charge in [-0.2, -0.15) is 0 Å². The molecule has 22 heavy (non-hydrogen) atoms. The molecule has 0 aliphatic rings. The molecular formula is C12H16N6O3S. The summed E-state index contributed by atoms with van der Waals surface area (Å²) in [5.41, 5.74) is 0. The third-order valence-corrected chi connectivity index (χ3v) is 3.68. The van der Waals surface area contributed by atoms with E-state index in [0.29, 0.717) is 24.0 Å². The lowest BCUT2D eigenvalue weighted by Gasteiger charge is -2.10. The zero-order valence-electron chi connectivity index (χ0n) is 12.1. The molecule has 10 heteroatoms. The minimum atomic E-state index is -0.524. The SMILES string of the molecule is CCNC(=O)NC(=O)C(C)Sc1nnnn1Cc1ccco1. The first-order chi connectivity index (χ1) is 10.6. The molecule has 0 spiro atoms.